The molecule has 0 heteroatoms. The topological polar surface area (TPSA) is 0 Å². The Morgan fingerprint density at radius 2 is 1.78 bits per heavy atom. The van der Waals surface area contributed by atoms with Crippen LogP contribution < -0.4 is 0 Å². The first-order valence-corrected chi connectivity index (χ1v) is 4.40. The molecule has 2 fully saturated rings. The molecule has 2 rings (SSSR count). The van der Waals surface area contributed by atoms with Gasteiger partial charge in [-0.15, -0.1) is 0 Å². The second-order valence-electron chi connectivity index (χ2n) is 3.88. The van der Waals surface area contributed by atoms with Gasteiger partial charge in [-0.3, -0.25) is 0 Å². The van der Waals surface area contributed by atoms with Gasteiger partial charge < -0.3 is 0 Å². The fraction of sp³-hybridized carbons (Fsp3) is 1.00. The molecular weight excluding hydrogens is 108 g/mol. The SMILES string of the molecule is CCCC1CC2C[C@@H]2C1. The Balaban J connectivity index is 1.77. The average molecular weight is 124 g/mol. The summed E-state index contributed by atoms with van der Waals surface area (Å²) in [6.07, 6.45) is 7.66. The predicted octanol–water partition coefficient (Wildman–Crippen LogP) is 2.83. The molecule has 0 saturated heterocycles. The zero-order valence-electron chi connectivity index (χ0n) is 6.27. The van der Waals surface area contributed by atoms with Crippen LogP contribution in [-0.4, -0.2) is 0 Å². The Kier molecular flexibility index (Phi) is 1.28. The molecule has 0 bridgehead atoms. The van der Waals surface area contributed by atoms with Gasteiger partial charge in [0.05, 0.1) is 0 Å². The number of hydrogen-bond donors (Lipinski definition) is 0. The van der Waals surface area contributed by atoms with E-state index in [0.717, 1.165) is 5.92 Å². The van der Waals surface area contributed by atoms with Crippen molar-refractivity contribution in [3.8, 4) is 0 Å². The summed E-state index contributed by atoms with van der Waals surface area (Å²) in [5.74, 6) is 3.53. The Hall–Kier alpha value is 0. The van der Waals surface area contributed by atoms with Gasteiger partial charge in [0, 0.05) is 0 Å². The van der Waals surface area contributed by atoms with Gasteiger partial charge in [-0.25, -0.2) is 0 Å². The molecule has 0 nitrogen and oxygen atoms in total. The van der Waals surface area contributed by atoms with E-state index >= 15 is 0 Å². The lowest BCUT2D eigenvalue weighted by Gasteiger charge is -2.07. The molecular formula is C9H16. The molecule has 0 N–H and O–H groups in total. The summed E-state index contributed by atoms with van der Waals surface area (Å²) in [4.78, 5) is 0. The van der Waals surface area contributed by atoms with Gasteiger partial charge in [-0.1, -0.05) is 19.8 Å². The first kappa shape index (κ1) is 5.76. The van der Waals surface area contributed by atoms with Crippen molar-refractivity contribution in [1.29, 1.82) is 0 Å². The molecule has 0 aromatic carbocycles. The average Bonchev–Trinajstić information content (AvgIpc) is 2.42. The molecule has 0 aliphatic heterocycles. The lowest BCUT2D eigenvalue weighted by atomic mass is 9.98. The fourth-order valence-electron chi connectivity index (χ4n) is 2.48. The van der Waals surface area contributed by atoms with E-state index in [0.29, 0.717) is 0 Å². The zero-order valence-corrected chi connectivity index (χ0v) is 6.27. The van der Waals surface area contributed by atoms with E-state index in [9.17, 15) is 0 Å². The van der Waals surface area contributed by atoms with E-state index in [-0.39, 0.29) is 0 Å². The van der Waals surface area contributed by atoms with Gasteiger partial charge in [0.2, 0.25) is 0 Å². The van der Waals surface area contributed by atoms with Crippen molar-refractivity contribution in [2.75, 3.05) is 0 Å². The van der Waals surface area contributed by atoms with Gasteiger partial charge in [-0.05, 0) is 37.0 Å². The van der Waals surface area contributed by atoms with E-state index in [1.165, 1.54) is 24.7 Å². The van der Waals surface area contributed by atoms with Crippen molar-refractivity contribution < 1.29 is 0 Å². The molecule has 2 aliphatic carbocycles. The van der Waals surface area contributed by atoms with Crippen LogP contribution in [0, 0.1) is 17.8 Å². The van der Waals surface area contributed by atoms with Crippen LogP contribution in [0.1, 0.15) is 39.0 Å². The quantitative estimate of drug-likeness (QED) is 0.531. The molecule has 0 spiro atoms. The maximum Gasteiger partial charge on any atom is -0.0380 e. The highest BCUT2D eigenvalue weighted by Crippen LogP contribution is 2.55. The minimum atomic E-state index is 1.14. The normalized spacial score (nSPS) is 47.0. The largest absolute Gasteiger partial charge is 0.0654 e. The van der Waals surface area contributed by atoms with Gasteiger partial charge in [0.15, 0.2) is 0 Å². The summed E-state index contributed by atoms with van der Waals surface area (Å²) >= 11 is 0. The van der Waals surface area contributed by atoms with Gasteiger partial charge in [-0.2, -0.15) is 0 Å². The Bertz CT molecular complexity index is 96.6. The Morgan fingerprint density at radius 3 is 2.33 bits per heavy atom. The van der Waals surface area contributed by atoms with Crippen LogP contribution in [0.4, 0.5) is 0 Å². The Labute approximate surface area is 57.6 Å². The lowest BCUT2D eigenvalue weighted by Crippen LogP contribution is -1.94. The minimum Gasteiger partial charge on any atom is -0.0654 e. The smallest absolute Gasteiger partial charge is 0.0380 e. The second-order valence-corrected chi connectivity index (χ2v) is 3.88. The third kappa shape index (κ3) is 0.997. The summed E-state index contributed by atoms with van der Waals surface area (Å²) in [5.41, 5.74) is 0. The van der Waals surface area contributed by atoms with Crippen LogP contribution in [0.25, 0.3) is 0 Å². The highest BCUT2D eigenvalue weighted by Gasteiger charge is 2.44. The van der Waals surface area contributed by atoms with Crippen LogP contribution in [0.3, 0.4) is 0 Å². The number of rotatable bonds is 2. The Morgan fingerprint density at radius 1 is 1.11 bits per heavy atom. The summed E-state index contributed by atoms with van der Waals surface area (Å²) in [5, 5.41) is 0. The number of hydrogen-bond acceptors (Lipinski definition) is 0. The summed E-state index contributed by atoms with van der Waals surface area (Å²) in [6, 6.07) is 0. The summed E-state index contributed by atoms with van der Waals surface area (Å²) < 4.78 is 0. The van der Waals surface area contributed by atoms with Crippen LogP contribution in [0.15, 0.2) is 0 Å². The molecule has 3 atom stereocenters. The fourth-order valence-corrected chi connectivity index (χ4v) is 2.48. The molecule has 0 aromatic rings. The van der Waals surface area contributed by atoms with E-state index in [1.54, 1.807) is 19.3 Å². The van der Waals surface area contributed by atoms with Crippen molar-refractivity contribution in [2.24, 2.45) is 17.8 Å². The van der Waals surface area contributed by atoms with Gasteiger partial charge in [0.1, 0.15) is 0 Å². The van der Waals surface area contributed by atoms with Crippen molar-refractivity contribution in [3.05, 3.63) is 0 Å². The number of fused-ring (bicyclic) bond motifs is 1. The highest BCUT2D eigenvalue weighted by molar-refractivity contribution is 4.95. The van der Waals surface area contributed by atoms with Crippen molar-refractivity contribution in [3.63, 3.8) is 0 Å². The molecule has 2 saturated carbocycles. The molecule has 2 unspecified atom stereocenters. The first-order chi connectivity index (χ1) is 4.40. The van der Waals surface area contributed by atoms with Crippen molar-refractivity contribution in [2.45, 2.75) is 39.0 Å². The van der Waals surface area contributed by atoms with Crippen LogP contribution in [-0.2, 0) is 0 Å². The highest BCUT2D eigenvalue weighted by atomic mass is 14.5. The standard InChI is InChI=1S/C9H16/c1-2-3-7-4-8-6-9(8)5-7/h7-9H,2-6H2,1H3/t7?,8-,9?/m0/s1. The van der Waals surface area contributed by atoms with E-state index in [2.05, 4.69) is 6.92 Å². The lowest BCUT2D eigenvalue weighted by molar-refractivity contribution is 0.448. The third-order valence-corrected chi connectivity index (χ3v) is 3.04. The third-order valence-electron chi connectivity index (χ3n) is 3.04. The van der Waals surface area contributed by atoms with Gasteiger partial charge >= 0.3 is 0 Å². The maximum atomic E-state index is 2.31. The summed E-state index contributed by atoms with van der Waals surface area (Å²) in [6.45, 7) is 2.31. The maximum absolute atomic E-state index is 2.31. The van der Waals surface area contributed by atoms with E-state index < -0.39 is 0 Å². The zero-order chi connectivity index (χ0) is 6.27. The second kappa shape index (κ2) is 2.00. The van der Waals surface area contributed by atoms with E-state index in [4.69, 9.17) is 0 Å². The van der Waals surface area contributed by atoms with E-state index in [1.807, 2.05) is 0 Å². The van der Waals surface area contributed by atoms with Crippen LogP contribution >= 0.6 is 0 Å². The molecule has 9 heavy (non-hydrogen) atoms. The minimum absolute atomic E-state index is 1.14. The predicted molar refractivity (Wildman–Crippen MR) is 39.2 cm³/mol. The van der Waals surface area contributed by atoms with Crippen LogP contribution in [0.2, 0.25) is 0 Å². The monoisotopic (exact) mass is 124 g/mol. The first-order valence-electron chi connectivity index (χ1n) is 4.40. The molecule has 52 valence electrons. The molecule has 0 aromatic heterocycles. The van der Waals surface area contributed by atoms with Crippen molar-refractivity contribution >= 4 is 0 Å². The molecule has 2 aliphatic rings. The molecule has 0 radical (unpaired) electrons. The van der Waals surface area contributed by atoms with Crippen molar-refractivity contribution in [1.82, 2.24) is 0 Å². The van der Waals surface area contributed by atoms with Crippen LogP contribution in [0.5, 0.6) is 0 Å². The summed E-state index contributed by atoms with van der Waals surface area (Å²) in [7, 11) is 0. The molecule has 0 amide bonds. The molecule has 0 heterocycles. The van der Waals surface area contributed by atoms with Gasteiger partial charge in [0.25, 0.3) is 0 Å².